The van der Waals surface area contributed by atoms with Crippen LogP contribution in [0, 0.1) is 11.6 Å². The molecule has 0 aliphatic heterocycles. The van der Waals surface area contributed by atoms with E-state index in [0.717, 1.165) is 25.2 Å². The Kier molecular flexibility index (Phi) is 4.42. The number of anilines is 1. The van der Waals surface area contributed by atoms with Gasteiger partial charge in [0.1, 0.15) is 5.82 Å². The molecule has 3 nitrogen and oxygen atoms in total. The molecular formula is C10H15F2N3. The molecule has 0 spiro atoms. The van der Waals surface area contributed by atoms with Crippen LogP contribution in [0.1, 0.15) is 6.42 Å². The van der Waals surface area contributed by atoms with Crippen molar-refractivity contribution in [2.24, 2.45) is 0 Å². The van der Waals surface area contributed by atoms with E-state index in [1.54, 1.807) is 11.9 Å². The molecule has 0 aliphatic carbocycles. The zero-order valence-electron chi connectivity index (χ0n) is 8.93. The van der Waals surface area contributed by atoms with Crippen molar-refractivity contribution in [1.82, 2.24) is 10.3 Å². The van der Waals surface area contributed by atoms with E-state index in [0.29, 0.717) is 6.54 Å². The molecule has 5 heteroatoms. The SMILES string of the molecule is CNCCCN(C)c1ncc(F)cc1F. The number of nitrogens with zero attached hydrogens (tertiary/aromatic N) is 2. The average Bonchev–Trinajstić information content (AvgIpc) is 2.17. The van der Waals surface area contributed by atoms with Crippen LogP contribution in [0.3, 0.4) is 0 Å². The highest BCUT2D eigenvalue weighted by Gasteiger charge is 2.09. The first-order chi connectivity index (χ1) is 7.15. The summed E-state index contributed by atoms with van der Waals surface area (Å²) < 4.78 is 25.8. The molecule has 1 heterocycles. The minimum Gasteiger partial charge on any atom is -0.357 e. The Morgan fingerprint density at radius 2 is 2.20 bits per heavy atom. The molecule has 0 amide bonds. The van der Waals surface area contributed by atoms with E-state index in [1.165, 1.54) is 0 Å². The van der Waals surface area contributed by atoms with Crippen molar-refractivity contribution >= 4 is 5.82 Å². The highest BCUT2D eigenvalue weighted by molar-refractivity contribution is 5.38. The fraction of sp³-hybridized carbons (Fsp3) is 0.500. The minimum atomic E-state index is -0.653. The highest BCUT2D eigenvalue weighted by Crippen LogP contribution is 2.15. The Labute approximate surface area is 88.1 Å². The normalized spacial score (nSPS) is 10.4. The molecule has 1 rings (SSSR count). The summed E-state index contributed by atoms with van der Waals surface area (Å²) >= 11 is 0. The lowest BCUT2D eigenvalue weighted by molar-refractivity contribution is 0.568. The Balaban J connectivity index is 2.61. The van der Waals surface area contributed by atoms with E-state index in [1.807, 2.05) is 7.05 Å². The van der Waals surface area contributed by atoms with Gasteiger partial charge in [0.2, 0.25) is 0 Å². The van der Waals surface area contributed by atoms with Crippen LogP contribution in [0.15, 0.2) is 12.3 Å². The summed E-state index contributed by atoms with van der Waals surface area (Å²) in [6.45, 7) is 1.53. The van der Waals surface area contributed by atoms with Crippen molar-refractivity contribution in [3.8, 4) is 0 Å². The Hall–Kier alpha value is -1.23. The van der Waals surface area contributed by atoms with Gasteiger partial charge in [0, 0.05) is 19.7 Å². The van der Waals surface area contributed by atoms with Crippen LogP contribution in [0.25, 0.3) is 0 Å². The monoisotopic (exact) mass is 215 g/mol. The lowest BCUT2D eigenvalue weighted by Gasteiger charge is -2.18. The van der Waals surface area contributed by atoms with E-state index in [2.05, 4.69) is 10.3 Å². The number of nitrogens with one attached hydrogen (secondary N) is 1. The van der Waals surface area contributed by atoms with E-state index in [-0.39, 0.29) is 5.82 Å². The first-order valence-electron chi connectivity index (χ1n) is 4.82. The maximum Gasteiger partial charge on any atom is 0.168 e. The van der Waals surface area contributed by atoms with E-state index >= 15 is 0 Å². The molecule has 0 radical (unpaired) electrons. The van der Waals surface area contributed by atoms with Crippen LogP contribution in [-0.4, -0.2) is 32.2 Å². The lowest BCUT2D eigenvalue weighted by Crippen LogP contribution is -2.24. The molecule has 1 aromatic heterocycles. The van der Waals surface area contributed by atoms with Gasteiger partial charge in [0.25, 0.3) is 0 Å². The van der Waals surface area contributed by atoms with Crippen molar-refractivity contribution in [1.29, 1.82) is 0 Å². The van der Waals surface area contributed by atoms with Crippen LogP contribution < -0.4 is 10.2 Å². The maximum absolute atomic E-state index is 13.3. The summed E-state index contributed by atoms with van der Waals surface area (Å²) in [5.41, 5.74) is 0. The predicted octanol–water partition coefficient (Wildman–Crippen LogP) is 1.41. The van der Waals surface area contributed by atoms with Gasteiger partial charge in [-0.25, -0.2) is 13.8 Å². The van der Waals surface area contributed by atoms with Crippen LogP contribution in [0.5, 0.6) is 0 Å². The van der Waals surface area contributed by atoms with Gasteiger partial charge < -0.3 is 10.2 Å². The third-order valence-electron chi connectivity index (χ3n) is 2.07. The second-order valence-corrected chi connectivity index (χ2v) is 3.34. The van der Waals surface area contributed by atoms with Gasteiger partial charge in [0.05, 0.1) is 6.20 Å². The molecule has 15 heavy (non-hydrogen) atoms. The molecule has 0 bridgehead atoms. The summed E-state index contributed by atoms with van der Waals surface area (Å²) in [5.74, 6) is -1.09. The third kappa shape index (κ3) is 3.43. The number of aromatic nitrogens is 1. The molecule has 0 saturated carbocycles. The van der Waals surface area contributed by atoms with Crippen LogP contribution in [0.4, 0.5) is 14.6 Å². The number of hydrogen-bond donors (Lipinski definition) is 1. The summed E-state index contributed by atoms with van der Waals surface area (Å²) in [7, 11) is 3.59. The quantitative estimate of drug-likeness (QED) is 0.753. The second-order valence-electron chi connectivity index (χ2n) is 3.34. The van der Waals surface area contributed by atoms with Crippen molar-refractivity contribution < 1.29 is 8.78 Å². The van der Waals surface area contributed by atoms with Crippen LogP contribution in [-0.2, 0) is 0 Å². The standard InChI is InChI=1S/C10H15F2N3/c1-13-4-3-5-15(2)10-9(12)6-8(11)7-14-10/h6-7,13H,3-5H2,1-2H3. The Bertz CT molecular complexity index is 318. The fourth-order valence-electron chi connectivity index (χ4n) is 1.29. The molecule has 0 unspecified atom stereocenters. The molecular weight excluding hydrogens is 200 g/mol. The van der Waals surface area contributed by atoms with E-state index in [4.69, 9.17) is 0 Å². The van der Waals surface area contributed by atoms with Gasteiger partial charge in [-0.3, -0.25) is 0 Å². The van der Waals surface area contributed by atoms with Crippen molar-refractivity contribution in [3.63, 3.8) is 0 Å². The van der Waals surface area contributed by atoms with Crippen molar-refractivity contribution in [3.05, 3.63) is 23.9 Å². The molecule has 0 aromatic carbocycles. The van der Waals surface area contributed by atoms with Crippen molar-refractivity contribution in [2.75, 3.05) is 32.1 Å². The molecule has 0 atom stereocenters. The summed E-state index contributed by atoms with van der Waals surface area (Å²) in [5, 5.41) is 3.00. The fourth-order valence-corrected chi connectivity index (χ4v) is 1.29. The van der Waals surface area contributed by atoms with Gasteiger partial charge >= 0.3 is 0 Å². The number of pyridine rings is 1. The Morgan fingerprint density at radius 3 is 2.80 bits per heavy atom. The van der Waals surface area contributed by atoms with Crippen LogP contribution >= 0.6 is 0 Å². The lowest BCUT2D eigenvalue weighted by atomic mass is 10.3. The molecule has 0 saturated heterocycles. The van der Waals surface area contributed by atoms with Gasteiger partial charge in [-0.15, -0.1) is 0 Å². The molecule has 0 aliphatic rings. The second kappa shape index (κ2) is 5.60. The van der Waals surface area contributed by atoms with Crippen molar-refractivity contribution in [2.45, 2.75) is 6.42 Å². The third-order valence-corrected chi connectivity index (χ3v) is 2.07. The zero-order valence-corrected chi connectivity index (χ0v) is 8.93. The van der Waals surface area contributed by atoms with Gasteiger partial charge in [-0.1, -0.05) is 0 Å². The van der Waals surface area contributed by atoms with E-state index in [9.17, 15) is 8.78 Å². The summed E-state index contributed by atoms with van der Waals surface area (Å²) in [4.78, 5) is 5.38. The van der Waals surface area contributed by atoms with Gasteiger partial charge in [-0.2, -0.15) is 0 Å². The smallest absolute Gasteiger partial charge is 0.168 e. The minimum absolute atomic E-state index is 0.188. The predicted molar refractivity (Wildman–Crippen MR) is 56.0 cm³/mol. The molecule has 1 N–H and O–H groups in total. The number of hydrogen-bond acceptors (Lipinski definition) is 3. The largest absolute Gasteiger partial charge is 0.357 e. The van der Waals surface area contributed by atoms with Gasteiger partial charge in [-0.05, 0) is 20.0 Å². The highest BCUT2D eigenvalue weighted by atomic mass is 19.1. The number of rotatable bonds is 5. The molecule has 1 aromatic rings. The summed E-state index contributed by atoms with van der Waals surface area (Å²) in [6, 6.07) is 0.844. The van der Waals surface area contributed by atoms with E-state index < -0.39 is 11.6 Å². The topological polar surface area (TPSA) is 28.2 Å². The first kappa shape index (κ1) is 11.8. The maximum atomic E-state index is 13.3. The molecule has 84 valence electrons. The Morgan fingerprint density at radius 1 is 1.47 bits per heavy atom. The number of halogens is 2. The summed E-state index contributed by atoms with van der Waals surface area (Å²) in [6.07, 6.45) is 1.90. The average molecular weight is 215 g/mol. The molecule has 0 fully saturated rings. The van der Waals surface area contributed by atoms with Crippen LogP contribution in [0.2, 0.25) is 0 Å². The van der Waals surface area contributed by atoms with Gasteiger partial charge in [0.15, 0.2) is 11.6 Å². The zero-order chi connectivity index (χ0) is 11.3. The first-order valence-corrected chi connectivity index (χ1v) is 4.82.